The molecule has 0 aliphatic carbocycles. The number of benzene rings is 3. The zero-order valence-corrected chi connectivity index (χ0v) is 28.0. The van der Waals surface area contributed by atoms with Crippen LogP contribution in [-0.4, -0.2) is 46.9 Å². The van der Waals surface area contributed by atoms with Crippen molar-refractivity contribution in [2.75, 3.05) is 13.7 Å². The molecule has 6 nitrogen and oxygen atoms in total. The van der Waals surface area contributed by atoms with Crippen LogP contribution >= 0.6 is 46.4 Å². The summed E-state index contributed by atoms with van der Waals surface area (Å²) in [6, 6.07) is 17.3. The number of para-hydroxylation sites is 1. The van der Waals surface area contributed by atoms with E-state index in [1.807, 2.05) is 30.5 Å². The number of fused-ring (bicyclic) bond motifs is 3. The Morgan fingerprint density at radius 2 is 1.60 bits per heavy atom. The minimum absolute atomic E-state index is 0.136. The van der Waals surface area contributed by atoms with Gasteiger partial charge < -0.3 is 14.6 Å². The van der Waals surface area contributed by atoms with Gasteiger partial charge in [0, 0.05) is 55.3 Å². The summed E-state index contributed by atoms with van der Waals surface area (Å²) < 4.78 is 7.86. The minimum atomic E-state index is -0.159. The number of methoxy groups -OCH3 is 1. The zero-order valence-electron chi connectivity index (χ0n) is 25.0. The molecule has 1 amide bonds. The number of piperidine rings is 1. The van der Waals surface area contributed by atoms with Gasteiger partial charge in [-0.05, 0) is 80.0 Å². The zero-order chi connectivity index (χ0) is 31.7. The number of Topliss-reactive ketones (excluding diaryl/α,β-unsaturated/α-hetero) is 1. The quantitative estimate of drug-likeness (QED) is 0.160. The van der Waals surface area contributed by atoms with E-state index >= 15 is 0 Å². The first-order chi connectivity index (χ1) is 21.7. The summed E-state index contributed by atoms with van der Waals surface area (Å²) in [4.78, 5) is 29.0. The Labute approximate surface area is 283 Å². The van der Waals surface area contributed by atoms with E-state index in [0.29, 0.717) is 62.2 Å². The molecule has 3 aromatic carbocycles. The van der Waals surface area contributed by atoms with Crippen molar-refractivity contribution in [1.29, 1.82) is 0 Å². The highest BCUT2D eigenvalue weighted by atomic mass is 35.5. The molecule has 4 aromatic rings. The number of nitrogens with zero attached hydrogens (tertiary/aromatic N) is 2. The van der Waals surface area contributed by atoms with Crippen molar-refractivity contribution < 1.29 is 14.3 Å². The number of aromatic nitrogens is 1. The molecule has 10 heteroatoms. The fraction of sp³-hybridized carbons (Fsp3) is 0.371. The lowest BCUT2D eigenvalue weighted by atomic mass is 9.85. The maximum atomic E-state index is 13.4. The molecule has 6 rings (SSSR count). The van der Waals surface area contributed by atoms with Crippen molar-refractivity contribution in [2.45, 2.75) is 63.7 Å². The van der Waals surface area contributed by atoms with Crippen LogP contribution in [0.15, 0.2) is 60.8 Å². The van der Waals surface area contributed by atoms with Gasteiger partial charge in [0.2, 0.25) is 0 Å². The number of rotatable bonds is 11. The van der Waals surface area contributed by atoms with Gasteiger partial charge in [0.25, 0.3) is 5.91 Å². The normalized spacial score (nSPS) is 19.6. The molecule has 0 saturated carbocycles. The summed E-state index contributed by atoms with van der Waals surface area (Å²) in [5.74, 6) is 1.09. The first kappa shape index (κ1) is 32.2. The molecule has 2 aliphatic heterocycles. The predicted molar refractivity (Wildman–Crippen MR) is 182 cm³/mol. The van der Waals surface area contributed by atoms with Gasteiger partial charge in [0.1, 0.15) is 5.75 Å². The molecule has 3 atom stereocenters. The third-order valence-corrected chi connectivity index (χ3v) is 10.8. The molecule has 0 radical (unpaired) electrons. The topological polar surface area (TPSA) is 63.6 Å². The van der Waals surface area contributed by atoms with Gasteiger partial charge in [0.15, 0.2) is 5.78 Å². The summed E-state index contributed by atoms with van der Waals surface area (Å²) in [5.41, 5.74) is 3.03. The van der Waals surface area contributed by atoms with Gasteiger partial charge in [0.05, 0.1) is 38.3 Å². The standard InChI is InChI=1S/C35H35Cl4N3O3/c1-45-33-5-2-4-26-27(35(44)40-19-21-6-10-28(36)30(38)16-21)20-41(34(26)33)12-3-13-42-24-8-9-25(42)15-22(14-24)17-32(43)23-7-11-29(37)31(39)18-23/h2,4-7,10-11,16,18,20,22,24-25H,3,8-9,12-15,17,19H2,1H3,(H,40,44)/t22-,24+,25-. The number of hydrogen-bond acceptors (Lipinski definition) is 4. The van der Waals surface area contributed by atoms with E-state index in [9.17, 15) is 9.59 Å². The van der Waals surface area contributed by atoms with Gasteiger partial charge in [-0.1, -0.05) is 64.6 Å². The average Bonchev–Trinajstić information content (AvgIpc) is 3.52. The minimum Gasteiger partial charge on any atom is -0.495 e. The van der Waals surface area contributed by atoms with Gasteiger partial charge in [-0.25, -0.2) is 0 Å². The third-order valence-electron chi connectivity index (χ3n) is 9.28. The lowest BCUT2D eigenvalue weighted by Crippen LogP contribution is -2.43. The van der Waals surface area contributed by atoms with Crippen molar-refractivity contribution in [3.63, 3.8) is 0 Å². The SMILES string of the molecule is COc1cccc2c(C(=O)NCc3ccc(Cl)c(Cl)c3)cn(CCCN3[C@@H]4CC[C@H]3C[C@@H](CC(=O)c3ccc(Cl)c(Cl)c3)C4)c12. The number of carbonyl (C=O) groups is 2. The highest BCUT2D eigenvalue weighted by Gasteiger charge is 2.40. The van der Waals surface area contributed by atoms with Crippen LogP contribution in [0.25, 0.3) is 10.9 Å². The highest BCUT2D eigenvalue weighted by Crippen LogP contribution is 2.41. The Morgan fingerprint density at radius 3 is 2.29 bits per heavy atom. The number of aryl methyl sites for hydroxylation is 1. The summed E-state index contributed by atoms with van der Waals surface area (Å²) >= 11 is 24.4. The molecule has 2 aliphatic rings. The number of amides is 1. The molecule has 2 bridgehead atoms. The van der Waals surface area contributed by atoms with Gasteiger partial charge >= 0.3 is 0 Å². The molecule has 236 valence electrons. The largest absolute Gasteiger partial charge is 0.495 e. The lowest BCUT2D eigenvalue weighted by molar-refractivity contribution is 0.0807. The summed E-state index contributed by atoms with van der Waals surface area (Å²) in [5, 5.41) is 5.70. The Hall–Kier alpha value is -2.74. The van der Waals surface area contributed by atoms with Crippen molar-refractivity contribution in [3.05, 3.63) is 97.6 Å². The van der Waals surface area contributed by atoms with E-state index in [4.69, 9.17) is 51.1 Å². The summed E-state index contributed by atoms with van der Waals surface area (Å²) in [6.07, 6.45) is 7.83. The van der Waals surface area contributed by atoms with Crippen LogP contribution in [0.3, 0.4) is 0 Å². The molecule has 2 saturated heterocycles. The molecule has 2 fully saturated rings. The van der Waals surface area contributed by atoms with E-state index < -0.39 is 0 Å². The number of hydrogen-bond donors (Lipinski definition) is 1. The maximum absolute atomic E-state index is 13.4. The summed E-state index contributed by atoms with van der Waals surface area (Å²) in [7, 11) is 1.66. The van der Waals surface area contributed by atoms with Crippen LogP contribution in [0.1, 0.15) is 64.8 Å². The van der Waals surface area contributed by atoms with E-state index in [1.165, 1.54) is 12.8 Å². The fourth-order valence-electron chi connectivity index (χ4n) is 7.17. The molecule has 0 unspecified atom stereocenters. The van der Waals surface area contributed by atoms with Crippen LogP contribution in [0.4, 0.5) is 0 Å². The first-order valence-electron chi connectivity index (χ1n) is 15.3. The van der Waals surface area contributed by atoms with Crippen LogP contribution in [0.5, 0.6) is 5.75 Å². The lowest BCUT2D eigenvalue weighted by Gasteiger charge is -2.39. The van der Waals surface area contributed by atoms with Crippen molar-refractivity contribution in [1.82, 2.24) is 14.8 Å². The highest BCUT2D eigenvalue weighted by molar-refractivity contribution is 6.42. The maximum Gasteiger partial charge on any atom is 0.253 e. The van der Waals surface area contributed by atoms with E-state index in [-0.39, 0.29) is 11.7 Å². The monoisotopic (exact) mass is 685 g/mol. The number of ether oxygens (including phenoxy) is 1. The fourth-order valence-corrected chi connectivity index (χ4v) is 7.79. The second-order valence-electron chi connectivity index (χ2n) is 12.1. The Kier molecular flexibility index (Phi) is 9.98. The van der Waals surface area contributed by atoms with Crippen molar-refractivity contribution >= 4 is 69.0 Å². The first-order valence-corrected chi connectivity index (χ1v) is 16.8. The van der Waals surface area contributed by atoms with Crippen LogP contribution in [-0.2, 0) is 13.1 Å². The number of nitrogens with one attached hydrogen (secondary N) is 1. The predicted octanol–water partition coefficient (Wildman–Crippen LogP) is 9.10. The van der Waals surface area contributed by atoms with Gasteiger partial charge in [-0.15, -0.1) is 0 Å². The second-order valence-corrected chi connectivity index (χ2v) is 13.7. The van der Waals surface area contributed by atoms with Crippen molar-refractivity contribution in [2.24, 2.45) is 5.92 Å². The van der Waals surface area contributed by atoms with Gasteiger partial charge in [-0.3, -0.25) is 14.5 Å². The molecule has 0 spiro atoms. The van der Waals surface area contributed by atoms with Gasteiger partial charge in [-0.2, -0.15) is 0 Å². The molecular formula is C35H35Cl4N3O3. The molecule has 1 aromatic heterocycles. The molecule has 3 heterocycles. The number of carbonyl (C=O) groups excluding carboxylic acids is 2. The van der Waals surface area contributed by atoms with E-state index in [0.717, 1.165) is 54.6 Å². The molecular weight excluding hydrogens is 652 g/mol. The third kappa shape index (κ3) is 7.01. The number of ketones is 1. The Morgan fingerprint density at radius 1 is 0.889 bits per heavy atom. The van der Waals surface area contributed by atoms with Crippen LogP contribution in [0.2, 0.25) is 20.1 Å². The van der Waals surface area contributed by atoms with E-state index in [2.05, 4.69) is 14.8 Å². The number of halogens is 4. The Balaban J connectivity index is 1.09. The Bertz CT molecular complexity index is 1720. The smallest absolute Gasteiger partial charge is 0.253 e. The van der Waals surface area contributed by atoms with Crippen LogP contribution in [0, 0.1) is 5.92 Å². The second kappa shape index (κ2) is 13.9. The van der Waals surface area contributed by atoms with E-state index in [1.54, 1.807) is 37.4 Å². The molecule has 1 N–H and O–H groups in total. The average molecular weight is 687 g/mol. The van der Waals surface area contributed by atoms with Crippen molar-refractivity contribution in [3.8, 4) is 5.75 Å². The molecule has 45 heavy (non-hydrogen) atoms. The van der Waals surface area contributed by atoms with Crippen LogP contribution < -0.4 is 10.1 Å². The summed E-state index contributed by atoms with van der Waals surface area (Å²) in [6.45, 7) is 2.06.